The molecule has 1 heterocycles. The average molecular weight is 180 g/mol. The van der Waals surface area contributed by atoms with Crippen LogP contribution in [0.2, 0.25) is 0 Å². The molecule has 0 saturated carbocycles. The van der Waals surface area contributed by atoms with Crippen molar-refractivity contribution in [2.75, 3.05) is 5.32 Å². The summed E-state index contributed by atoms with van der Waals surface area (Å²) in [6.07, 6.45) is 3.75. The van der Waals surface area contributed by atoms with Crippen LogP contribution in [0, 0.1) is 11.2 Å². The predicted molar refractivity (Wildman–Crippen MR) is 48.9 cm³/mol. The Morgan fingerprint density at radius 3 is 3.08 bits per heavy atom. The van der Waals surface area contributed by atoms with E-state index in [1.165, 1.54) is 24.4 Å². The van der Waals surface area contributed by atoms with Crippen molar-refractivity contribution in [1.82, 2.24) is 4.98 Å². The fourth-order valence-electron chi connectivity index (χ4n) is 0.746. The van der Waals surface area contributed by atoms with Gasteiger partial charge < -0.3 is 16.5 Å². The van der Waals surface area contributed by atoms with Crippen LogP contribution >= 0.6 is 0 Å². The molecule has 0 aromatic carbocycles. The summed E-state index contributed by atoms with van der Waals surface area (Å²) in [5.74, 6) is -0.255. The van der Waals surface area contributed by atoms with E-state index in [4.69, 9.17) is 11.1 Å². The van der Waals surface area contributed by atoms with Gasteiger partial charge in [-0.1, -0.05) is 0 Å². The summed E-state index contributed by atoms with van der Waals surface area (Å²) in [5.41, 5.74) is 5.38. The van der Waals surface area contributed by atoms with Crippen molar-refractivity contribution in [3.63, 3.8) is 0 Å². The Hall–Kier alpha value is -1.91. The van der Waals surface area contributed by atoms with Crippen molar-refractivity contribution in [3.05, 3.63) is 36.0 Å². The molecule has 0 amide bonds. The molecule has 1 aromatic heterocycles. The lowest BCUT2D eigenvalue weighted by atomic mass is 10.4. The van der Waals surface area contributed by atoms with Gasteiger partial charge in [0.25, 0.3) is 0 Å². The van der Waals surface area contributed by atoms with Crippen LogP contribution in [0.3, 0.4) is 0 Å². The van der Waals surface area contributed by atoms with Crippen molar-refractivity contribution in [2.24, 2.45) is 5.73 Å². The van der Waals surface area contributed by atoms with Gasteiger partial charge in [0.05, 0.1) is 0 Å². The van der Waals surface area contributed by atoms with Gasteiger partial charge in [0.2, 0.25) is 0 Å². The van der Waals surface area contributed by atoms with Crippen molar-refractivity contribution in [1.29, 1.82) is 5.41 Å². The standard InChI is InChI=1S/C8H9FN4/c9-6-2-1-5-12-8(6)13-7(11)3-4-10/h1-5,10H,11H2,(H,12,13)/b7-3-,10-4?. The second kappa shape index (κ2) is 4.20. The van der Waals surface area contributed by atoms with Crippen molar-refractivity contribution < 1.29 is 4.39 Å². The topological polar surface area (TPSA) is 74.8 Å². The first kappa shape index (κ1) is 9.18. The monoisotopic (exact) mass is 180 g/mol. The van der Waals surface area contributed by atoms with Gasteiger partial charge in [0, 0.05) is 12.4 Å². The largest absolute Gasteiger partial charge is 0.385 e. The van der Waals surface area contributed by atoms with Crippen LogP contribution in [0.15, 0.2) is 30.2 Å². The van der Waals surface area contributed by atoms with Crippen LogP contribution < -0.4 is 11.1 Å². The maximum Gasteiger partial charge on any atom is 0.167 e. The number of hydrogen-bond acceptors (Lipinski definition) is 4. The second-order valence-electron chi connectivity index (χ2n) is 2.25. The third-order valence-corrected chi connectivity index (χ3v) is 1.28. The molecule has 1 rings (SSSR count). The molecule has 0 aliphatic heterocycles. The van der Waals surface area contributed by atoms with Crippen LogP contribution in [0.4, 0.5) is 10.2 Å². The van der Waals surface area contributed by atoms with Gasteiger partial charge in [-0.3, -0.25) is 0 Å². The first-order valence-electron chi connectivity index (χ1n) is 3.58. The number of nitrogens with two attached hydrogens (primary N) is 1. The van der Waals surface area contributed by atoms with Crippen LogP contribution in [-0.4, -0.2) is 11.2 Å². The Balaban J connectivity index is 2.80. The molecule has 0 atom stereocenters. The molecule has 13 heavy (non-hydrogen) atoms. The number of nitrogens with zero attached hydrogens (tertiary/aromatic N) is 1. The fourth-order valence-corrected chi connectivity index (χ4v) is 0.746. The van der Waals surface area contributed by atoms with E-state index in [-0.39, 0.29) is 11.6 Å². The van der Waals surface area contributed by atoms with E-state index in [0.29, 0.717) is 0 Å². The number of hydrogen-bond donors (Lipinski definition) is 3. The van der Waals surface area contributed by atoms with E-state index in [2.05, 4.69) is 10.3 Å². The zero-order chi connectivity index (χ0) is 9.68. The Morgan fingerprint density at radius 2 is 2.46 bits per heavy atom. The highest BCUT2D eigenvalue weighted by atomic mass is 19.1. The summed E-state index contributed by atoms with van der Waals surface area (Å²) in [4.78, 5) is 3.72. The zero-order valence-electron chi connectivity index (χ0n) is 6.79. The third-order valence-electron chi connectivity index (χ3n) is 1.28. The van der Waals surface area contributed by atoms with E-state index in [1.54, 1.807) is 0 Å². The molecule has 4 nitrogen and oxygen atoms in total. The maximum absolute atomic E-state index is 12.9. The second-order valence-corrected chi connectivity index (χ2v) is 2.25. The van der Waals surface area contributed by atoms with E-state index < -0.39 is 5.82 Å². The normalized spacial score (nSPS) is 11.0. The van der Waals surface area contributed by atoms with E-state index >= 15 is 0 Å². The van der Waals surface area contributed by atoms with Gasteiger partial charge in [0.15, 0.2) is 11.6 Å². The number of anilines is 1. The molecule has 0 spiro atoms. The number of halogens is 1. The van der Waals surface area contributed by atoms with Gasteiger partial charge in [0.1, 0.15) is 5.82 Å². The molecular formula is C8H9FN4. The summed E-state index contributed by atoms with van der Waals surface area (Å²) in [5, 5.41) is 9.23. The Labute approximate surface area is 74.8 Å². The molecular weight excluding hydrogens is 171 g/mol. The minimum absolute atomic E-state index is 0.0538. The predicted octanol–water partition coefficient (Wildman–Crippen LogP) is 1.08. The summed E-state index contributed by atoms with van der Waals surface area (Å²) in [6.45, 7) is 0. The highest BCUT2D eigenvalue weighted by molar-refractivity contribution is 5.69. The highest BCUT2D eigenvalue weighted by Gasteiger charge is 2.00. The molecule has 5 heteroatoms. The number of nitrogens with one attached hydrogen (secondary N) is 2. The smallest absolute Gasteiger partial charge is 0.167 e. The van der Waals surface area contributed by atoms with Gasteiger partial charge >= 0.3 is 0 Å². The van der Waals surface area contributed by atoms with Crippen LogP contribution in [0.5, 0.6) is 0 Å². The van der Waals surface area contributed by atoms with Crippen LogP contribution in [0.25, 0.3) is 0 Å². The minimum atomic E-state index is -0.483. The number of aromatic nitrogens is 1. The summed E-state index contributed by atoms with van der Waals surface area (Å²) in [7, 11) is 0. The van der Waals surface area contributed by atoms with Gasteiger partial charge in [-0.15, -0.1) is 0 Å². The zero-order valence-corrected chi connectivity index (χ0v) is 6.79. The van der Waals surface area contributed by atoms with Gasteiger partial charge in [-0.2, -0.15) is 0 Å². The first-order valence-corrected chi connectivity index (χ1v) is 3.58. The van der Waals surface area contributed by atoms with E-state index in [9.17, 15) is 4.39 Å². The molecule has 1 aromatic rings. The Morgan fingerprint density at radius 1 is 1.69 bits per heavy atom. The van der Waals surface area contributed by atoms with Crippen LogP contribution in [0.1, 0.15) is 0 Å². The molecule has 0 aliphatic rings. The average Bonchev–Trinajstić information content (AvgIpc) is 2.09. The fraction of sp³-hybridized carbons (Fsp3) is 0. The van der Waals surface area contributed by atoms with Gasteiger partial charge in [-0.25, -0.2) is 9.37 Å². The van der Waals surface area contributed by atoms with E-state index in [1.807, 2.05) is 0 Å². The number of pyridine rings is 1. The lowest BCUT2D eigenvalue weighted by Gasteiger charge is -2.04. The molecule has 68 valence electrons. The Bertz CT molecular complexity index is 335. The number of allylic oxidation sites excluding steroid dienone is 1. The van der Waals surface area contributed by atoms with Crippen molar-refractivity contribution in [2.45, 2.75) is 0 Å². The minimum Gasteiger partial charge on any atom is -0.385 e. The van der Waals surface area contributed by atoms with Crippen molar-refractivity contribution in [3.8, 4) is 0 Å². The Kier molecular flexibility index (Phi) is 2.97. The molecule has 0 fully saturated rings. The molecule has 0 saturated heterocycles. The summed E-state index contributed by atoms with van der Waals surface area (Å²) < 4.78 is 12.9. The van der Waals surface area contributed by atoms with Crippen LogP contribution in [-0.2, 0) is 0 Å². The molecule has 0 bridgehead atoms. The molecule has 0 aliphatic carbocycles. The lowest BCUT2D eigenvalue weighted by Crippen LogP contribution is -2.11. The summed E-state index contributed by atoms with van der Waals surface area (Å²) >= 11 is 0. The lowest BCUT2D eigenvalue weighted by molar-refractivity contribution is 0.626. The van der Waals surface area contributed by atoms with E-state index in [0.717, 1.165) is 6.21 Å². The maximum atomic E-state index is 12.9. The SMILES string of the molecule is N=C/C=C(/N)Nc1ncccc1F. The highest BCUT2D eigenvalue weighted by Crippen LogP contribution is 2.08. The number of rotatable bonds is 3. The third kappa shape index (κ3) is 2.55. The molecule has 4 N–H and O–H groups in total. The summed E-state index contributed by atoms with van der Waals surface area (Å²) in [6, 6.07) is 2.75. The van der Waals surface area contributed by atoms with Gasteiger partial charge in [-0.05, 0) is 18.2 Å². The first-order chi connectivity index (χ1) is 6.24. The quantitative estimate of drug-likeness (QED) is 0.609. The van der Waals surface area contributed by atoms with Crippen molar-refractivity contribution >= 4 is 12.0 Å². The molecule has 0 radical (unpaired) electrons. The molecule has 0 unspecified atom stereocenters.